The van der Waals surface area contributed by atoms with Crippen molar-refractivity contribution in [1.82, 2.24) is 0 Å². The molecule has 154 valence electrons. The van der Waals surface area contributed by atoms with Crippen molar-refractivity contribution in [2.45, 2.75) is 30.3 Å². The van der Waals surface area contributed by atoms with Crippen LogP contribution in [0.15, 0.2) is 47.4 Å². The SMILES string of the molecule is COc1ccccc1N(C)S(=O)(=O)c1ccc(Cl)c(C(=O)O[C@@H]2CCCC2=O)c1. The Labute approximate surface area is 174 Å². The number of nitrogens with zero attached hydrogens (tertiary/aromatic N) is 1. The molecule has 3 rings (SSSR count). The minimum absolute atomic E-state index is 0.0411. The number of rotatable bonds is 6. The van der Waals surface area contributed by atoms with Gasteiger partial charge in [-0.3, -0.25) is 9.10 Å². The van der Waals surface area contributed by atoms with Gasteiger partial charge in [-0.15, -0.1) is 0 Å². The highest BCUT2D eigenvalue weighted by Crippen LogP contribution is 2.32. The summed E-state index contributed by atoms with van der Waals surface area (Å²) < 4.78 is 37.7. The van der Waals surface area contributed by atoms with E-state index < -0.39 is 22.1 Å². The van der Waals surface area contributed by atoms with Crippen LogP contribution in [-0.2, 0) is 19.6 Å². The summed E-state index contributed by atoms with van der Waals surface area (Å²) in [5, 5.41) is 0.0411. The average molecular weight is 438 g/mol. The molecule has 0 N–H and O–H groups in total. The van der Waals surface area contributed by atoms with Crippen LogP contribution in [0.4, 0.5) is 5.69 Å². The molecule has 2 aromatic carbocycles. The van der Waals surface area contributed by atoms with Crippen LogP contribution in [0.3, 0.4) is 0 Å². The first-order valence-electron chi connectivity index (χ1n) is 8.91. The number of halogens is 1. The molecule has 0 unspecified atom stereocenters. The average Bonchev–Trinajstić information content (AvgIpc) is 3.11. The van der Waals surface area contributed by atoms with E-state index in [0.717, 1.165) is 10.4 Å². The van der Waals surface area contributed by atoms with Crippen LogP contribution in [0.1, 0.15) is 29.6 Å². The normalized spacial score (nSPS) is 16.5. The topological polar surface area (TPSA) is 90.0 Å². The van der Waals surface area contributed by atoms with Gasteiger partial charge < -0.3 is 9.47 Å². The van der Waals surface area contributed by atoms with Crippen molar-refractivity contribution in [2.75, 3.05) is 18.5 Å². The van der Waals surface area contributed by atoms with Crippen LogP contribution in [0.25, 0.3) is 0 Å². The summed E-state index contributed by atoms with van der Waals surface area (Å²) >= 11 is 6.09. The summed E-state index contributed by atoms with van der Waals surface area (Å²) in [4.78, 5) is 24.1. The lowest BCUT2D eigenvalue weighted by atomic mass is 10.2. The maximum absolute atomic E-state index is 13.1. The first-order valence-corrected chi connectivity index (χ1v) is 10.7. The van der Waals surface area contributed by atoms with E-state index >= 15 is 0 Å². The van der Waals surface area contributed by atoms with Crippen LogP contribution in [0.5, 0.6) is 5.75 Å². The van der Waals surface area contributed by atoms with E-state index in [-0.39, 0.29) is 21.3 Å². The van der Waals surface area contributed by atoms with Gasteiger partial charge in [-0.05, 0) is 43.2 Å². The van der Waals surface area contributed by atoms with Crippen molar-refractivity contribution in [2.24, 2.45) is 0 Å². The van der Waals surface area contributed by atoms with E-state index in [0.29, 0.717) is 30.7 Å². The highest BCUT2D eigenvalue weighted by atomic mass is 35.5. The number of sulfonamides is 1. The van der Waals surface area contributed by atoms with Crippen molar-refractivity contribution in [1.29, 1.82) is 0 Å². The maximum atomic E-state index is 13.1. The number of para-hydroxylation sites is 2. The number of ketones is 1. The molecule has 0 saturated heterocycles. The minimum atomic E-state index is -4.02. The van der Waals surface area contributed by atoms with Crippen LogP contribution in [0.2, 0.25) is 5.02 Å². The van der Waals surface area contributed by atoms with Crippen molar-refractivity contribution in [3.8, 4) is 5.75 Å². The Morgan fingerprint density at radius 3 is 2.59 bits per heavy atom. The van der Waals surface area contributed by atoms with Gasteiger partial charge in [-0.25, -0.2) is 13.2 Å². The number of benzene rings is 2. The number of hydrogen-bond donors (Lipinski definition) is 0. The van der Waals surface area contributed by atoms with Gasteiger partial charge in [0.25, 0.3) is 10.0 Å². The monoisotopic (exact) mass is 437 g/mol. The number of methoxy groups -OCH3 is 1. The number of ether oxygens (including phenoxy) is 2. The largest absolute Gasteiger partial charge is 0.495 e. The molecule has 1 atom stereocenters. The van der Waals surface area contributed by atoms with Gasteiger partial charge in [0.1, 0.15) is 5.75 Å². The van der Waals surface area contributed by atoms with Gasteiger partial charge in [-0.2, -0.15) is 0 Å². The van der Waals surface area contributed by atoms with Gasteiger partial charge in [0.15, 0.2) is 11.9 Å². The molecule has 2 aromatic rings. The first kappa shape index (κ1) is 21.1. The van der Waals surface area contributed by atoms with Crippen molar-refractivity contribution in [3.05, 3.63) is 53.1 Å². The Bertz CT molecular complexity index is 1050. The fourth-order valence-corrected chi connectivity index (χ4v) is 4.53. The molecule has 1 saturated carbocycles. The predicted molar refractivity (Wildman–Crippen MR) is 108 cm³/mol. The quantitative estimate of drug-likeness (QED) is 0.643. The number of carbonyl (C=O) groups excluding carboxylic acids is 2. The number of anilines is 1. The Balaban J connectivity index is 1.93. The summed E-state index contributed by atoms with van der Waals surface area (Å²) in [5.74, 6) is -0.590. The fourth-order valence-electron chi connectivity index (χ4n) is 3.10. The zero-order valence-electron chi connectivity index (χ0n) is 15.9. The van der Waals surface area contributed by atoms with E-state index in [1.54, 1.807) is 24.3 Å². The smallest absolute Gasteiger partial charge is 0.340 e. The molecule has 1 aliphatic rings. The minimum Gasteiger partial charge on any atom is -0.495 e. The van der Waals surface area contributed by atoms with Crippen molar-refractivity contribution < 1.29 is 27.5 Å². The van der Waals surface area contributed by atoms with E-state index in [9.17, 15) is 18.0 Å². The Morgan fingerprint density at radius 2 is 1.93 bits per heavy atom. The third-order valence-electron chi connectivity index (χ3n) is 4.74. The number of hydrogen-bond acceptors (Lipinski definition) is 6. The maximum Gasteiger partial charge on any atom is 0.340 e. The third-order valence-corrected chi connectivity index (χ3v) is 6.84. The first-order chi connectivity index (χ1) is 13.8. The molecule has 9 heteroatoms. The lowest BCUT2D eigenvalue weighted by Gasteiger charge is -2.22. The highest BCUT2D eigenvalue weighted by Gasteiger charge is 2.30. The highest BCUT2D eigenvalue weighted by molar-refractivity contribution is 7.92. The Morgan fingerprint density at radius 1 is 1.21 bits per heavy atom. The molecule has 0 aliphatic heterocycles. The zero-order chi connectivity index (χ0) is 21.2. The lowest BCUT2D eigenvalue weighted by Crippen LogP contribution is -2.27. The molecule has 0 aromatic heterocycles. The number of Topliss-reactive ketones (excluding diaryl/α,β-unsaturated/α-hetero) is 1. The second-order valence-electron chi connectivity index (χ2n) is 6.54. The zero-order valence-corrected chi connectivity index (χ0v) is 17.5. The van der Waals surface area contributed by atoms with Gasteiger partial charge in [0.2, 0.25) is 0 Å². The Hall–Kier alpha value is -2.58. The molecule has 29 heavy (non-hydrogen) atoms. The van der Waals surface area contributed by atoms with Crippen LogP contribution in [0, 0.1) is 0 Å². The van der Waals surface area contributed by atoms with E-state index in [4.69, 9.17) is 21.1 Å². The fraction of sp³-hybridized carbons (Fsp3) is 0.300. The van der Waals surface area contributed by atoms with E-state index in [1.165, 1.54) is 26.3 Å². The summed E-state index contributed by atoms with van der Waals surface area (Å²) in [6, 6.07) is 10.4. The van der Waals surface area contributed by atoms with Gasteiger partial charge >= 0.3 is 5.97 Å². The molecule has 0 amide bonds. The van der Waals surface area contributed by atoms with E-state index in [1.807, 2.05) is 0 Å². The Kier molecular flexibility index (Phi) is 6.14. The number of esters is 1. The van der Waals surface area contributed by atoms with Crippen LogP contribution in [-0.4, -0.2) is 40.4 Å². The lowest BCUT2D eigenvalue weighted by molar-refractivity contribution is -0.124. The number of carbonyl (C=O) groups is 2. The molecule has 0 radical (unpaired) electrons. The van der Waals surface area contributed by atoms with Crippen LogP contribution < -0.4 is 9.04 Å². The standard InChI is InChI=1S/C20H20ClNO6S/c1-22(16-6-3-4-8-18(16)27-2)29(25,26)13-10-11-15(21)14(12-13)20(24)28-19-9-5-7-17(19)23/h3-4,6,8,10-12,19H,5,7,9H2,1-2H3/t19-/m1/s1. The third kappa shape index (κ3) is 4.23. The molecule has 0 spiro atoms. The molecular weight excluding hydrogens is 418 g/mol. The molecule has 7 nitrogen and oxygen atoms in total. The molecule has 0 bridgehead atoms. The summed E-state index contributed by atoms with van der Waals surface area (Å²) in [5.41, 5.74) is 0.228. The second kappa shape index (κ2) is 8.42. The predicted octanol–water partition coefficient (Wildman–Crippen LogP) is 3.45. The van der Waals surface area contributed by atoms with Crippen molar-refractivity contribution in [3.63, 3.8) is 0 Å². The van der Waals surface area contributed by atoms with E-state index in [2.05, 4.69) is 0 Å². The second-order valence-corrected chi connectivity index (χ2v) is 8.91. The molecular formula is C20H20ClNO6S. The summed E-state index contributed by atoms with van der Waals surface area (Å²) in [6.45, 7) is 0. The van der Waals surface area contributed by atoms with Crippen LogP contribution >= 0.6 is 11.6 Å². The van der Waals surface area contributed by atoms with Crippen molar-refractivity contribution >= 4 is 39.1 Å². The van der Waals surface area contributed by atoms with Gasteiger partial charge in [-0.1, -0.05) is 23.7 Å². The van der Waals surface area contributed by atoms with Gasteiger partial charge in [0, 0.05) is 13.5 Å². The summed E-state index contributed by atoms with van der Waals surface area (Å²) in [7, 11) is -1.19. The summed E-state index contributed by atoms with van der Waals surface area (Å²) in [6.07, 6.45) is 0.665. The molecule has 0 heterocycles. The van der Waals surface area contributed by atoms with Gasteiger partial charge in [0.05, 0.1) is 28.3 Å². The molecule has 1 aliphatic carbocycles. The molecule has 1 fully saturated rings.